The molecule has 0 saturated carbocycles. The summed E-state index contributed by atoms with van der Waals surface area (Å²) in [5.41, 5.74) is 0.680. The van der Waals surface area contributed by atoms with E-state index in [9.17, 15) is 4.79 Å². The zero-order valence-corrected chi connectivity index (χ0v) is 10.00. The predicted octanol–water partition coefficient (Wildman–Crippen LogP) is 1.75. The molecule has 0 radical (unpaired) electrons. The fourth-order valence-electron chi connectivity index (χ4n) is 1.27. The molecule has 5 heteroatoms. The van der Waals surface area contributed by atoms with Crippen molar-refractivity contribution in [3.05, 3.63) is 22.4 Å². The van der Waals surface area contributed by atoms with E-state index in [0.717, 1.165) is 0 Å². The van der Waals surface area contributed by atoms with Gasteiger partial charge in [0.15, 0.2) is 0 Å². The first-order valence-electron chi connectivity index (χ1n) is 4.97. The summed E-state index contributed by atoms with van der Waals surface area (Å²) < 4.78 is 4.95. The summed E-state index contributed by atoms with van der Waals surface area (Å²) in [6.45, 7) is 1.46. The van der Waals surface area contributed by atoms with Crippen molar-refractivity contribution in [2.24, 2.45) is 0 Å². The molecule has 4 nitrogen and oxygen atoms in total. The van der Waals surface area contributed by atoms with Crippen molar-refractivity contribution in [2.45, 2.75) is 6.42 Å². The van der Waals surface area contributed by atoms with Gasteiger partial charge in [-0.15, -0.1) is 0 Å². The molecule has 0 aliphatic heterocycles. The number of nitriles is 1. The first kappa shape index (κ1) is 12.7. The second kappa shape index (κ2) is 6.99. The Morgan fingerprint density at radius 2 is 2.44 bits per heavy atom. The Balaban J connectivity index is 2.60. The van der Waals surface area contributed by atoms with E-state index in [1.165, 1.54) is 11.3 Å². The minimum absolute atomic E-state index is 0.0337. The Labute approximate surface area is 99.1 Å². The number of carbonyl (C=O) groups excluding carboxylic acids is 1. The molecule has 0 aromatic carbocycles. The highest BCUT2D eigenvalue weighted by Crippen LogP contribution is 2.09. The van der Waals surface area contributed by atoms with E-state index in [0.29, 0.717) is 31.7 Å². The Morgan fingerprint density at radius 3 is 3.00 bits per heavy atom. The maximum absolute atomic E-state index is 12.0. The molecule has 0 atom stereocenters. The van der Waals surface area contributed by atoms with Crippen LogP contribution >= 0.6 is 11.3 Å². The van der Waals surface area contributed by atoms with Crippen LogP contribution < -0.4 is 0 Å². The van der Waals surface area contributed by atoms with Crippen molar-refractivity contribution in [1.82, 2.24) is 4.90 Å². The summed E-state index contributed by atoms with van der Waals surface area (Å²) >= 11 is 1.49. The van der Waals surface area contributed by atoms with Gasteiger partial charge in [0.2, 0.25) is 0 Å². The van der Waals surface area contributed by atoms with Crippen molar-refractivity contribution in [3.63, 3.8) is 0 Å². The van der Waals surface area contributed by atoms with E-state index >= 15 is 0 Å². The number of hydrogen-bond acceptors (Lipinski definition) is 4. The molecular formula is C11H14N2O2S. The number of methoxy groups -OCH3 is 1. The molecule has 1 aromatic heterocycles. The molecule has 16 heavy (non-hydrogen) atoms. The van der Waals surface area contributed by atoms with Crippen LogP contribution in [-0.2, 0) is 4.74 Å². The van der Waals surface area contributed by atoms with Gasteiger partial charge in [-0.25, -0.2) is 0 Å². The molecule has 1 heterocycles. The van der Waals surface area contributed by atoms with Gasteiger partial charge in [-0.2, -0.15) is 16.6 Å². The highest BCUT2D eigenvalue weighted by Gasteiger charge is 2.15. The lowest BCUT2D eigenvalue weighted by atomic mass is 10.2. The zero-order chi connectivity index (χ0) is 11.8. The Bertz CT molecular complexity index is 357. The Morgan fingerprint density at radius 1 is 1.62 bits per heavy atom. The van der Waals surface area contributed by atoms with Gasteiger partial charge in [0.05, 0.1) is 24.7 Å². The number of amides is 1. The van der Waals surface area contributed by atoms with Gasteiger partial charge in [0.1, 0.15) is 0 Å². The van der Waals surface area contributed by atoms with Crippen molar-refractivity contribution in [3.8, 4) is 6.07 Å². The molecule has 1 aromatic rings. The molecule has 0 fully saturated rings. The van der Waals surface area contributed by atoms with Crippen LogP contribution in [-0.4, -0.2) is 37.6 Å². The molecule has 1 rings (SSSR count). The third-order valence-electron chi connectivity index (χ3n) is 2.11. The van der Waals surface area contributed by atoms with E-state index in [1.807, 2.05) is 16.8 Å². The van der Waals surface area contributed by atoms with Crippen LogP contribution in [0, 0.1) is 11.3 Å². The standard InChI is InChI=1S/C11H14N2O2S/c1-15-7-6-13(5-2-4-12)11(14)10-3-8-16-9-10/h3,8-9H,2,5-7H2,1H3. The van der Waals surface area contributed by atoms with Crippen LogP contribution in [0.2, 0.25) is 0 Å². The molecule has 0 N–H and O–H groups in total. The Hall–Kier alpha value is -1.38. The third kappa shape index (κ3) is 3.65. The summed E-state index contributed by atoms with van der Waals surface area (Å²) in [6.07, 6.45) is 0.347. The summed E-state index contributed by atoms with van der Waals surface area (Å²) in [4.78, 5) is 13.6. The van der Waals surface area contributed by atoms with Gasteiger partial charge in [0, 0.05) is 25.6 Å². The average Bonchev–Trinajstić information content (AvgIpc) is 2.82. The van der Waals surface area contributed by atoms with E-state index in [4.69, 9.17) is 10.00 Å². The molecule has 0 spiro atoms. The van der Waals surface area contributed by atoms with Gasteiger partial charge in [-0.3, -0.25) is 4.79 Å². The number of ether oxygens (including phenoxy) is 1. The fourth-order valence-corrected chi connectivity index (χ4v) is 1.90. The van der Waals surface area contributed by atoms with Crippen LogP contribution in [0.1, 0.15) is 16.8 Å². The maximum Gasteiger partial charge on any atom is 0.254 e. The molecule has 1 amide bonds. The monoisotopic (exact) mass is 238 g/mol. The van der Waals surface area contributed by atoms with Crippen molar-refractivity contribution in [1.29, 1.82) is 5.26 Å². The lowest BCUT2D eigenvalue weighted by molar-refractivity contribution is 0.0700. The molecule has 0 bridgehead atoms. The number of nitrogens with zero attached hydrogens (tertiary/aromatic N) is 2. The zero-order valence-electron chi connectivity index (χ0n) is 9.18. The molecule has 0 unspecified atom stereocenters. The van der Waals surface area contributed by atoms with Crippen molar-refractivity contribution in [2.75, 3.05) is 26.8 Å². The topological polar surface area (TPSA) is 53.3 Å². The highest BCUT2D eigenvalue weighted by molar-refractivity contribution is 7.08. The summed E-state index contributed by atoms with van der Waals surface area (Å²) in [7, 11) is 1.59. The predicted molar refractivity (Wildman–Crippen MR) is 62.3 cm³/mol. The molecular weight excluding hydrogens is 224 g/mol. The van der Waals surface area contributed by atoms with Crippen LogP contribution in [0.25, 0.3) is 0 Å². The first-order chi connectivity index (χ1) is 7.79. The van der Waals surface area contributed by atoms with Crippen LogP contribution in [0.4, 0.5) is 0 Å². The normalized spacial score (nSPS) is 9.75. The first-order valence-corrected chi connectivity index (χ1v) is 5.91. The van der Waals surface area contributed by atoms with E-state index in [2.05, 4.69) is 0 Å². The van der Waals surface area contributed by atoms with Gasteiger partial charge in [0.25, 0.3) is 5.91 Å². The third-order valence-corrected chi connectivity index (χ3v) is 2.80. The minimum Gasteiger partial charge on any atom is -0.383 e. The van der Waals surface area contributed by atoms with Gasteiger partial charge >= 0.3 is 0 Å². The van der Waals surface area contributed by atoms with E-state index in [1.54, 1.807) is 18.1 Å². The quantitative estimate of drug-likeness (QED) is 0.758. The largest absolute Gasteiger partial charge is 0.383 e. The second-order valence-electron chi connectivity index (χ2n) is 3.21. The van der Waals surface area contributed by atoms with Crippen LogP contribution in [0.3, 0.4) is 0 Å². The smallest absolute Gasteiger partial charge is 0.254 e. The number of hydrogen-bond donors (Lipinski definition) is 0. The van der Waals surface area contributed by atoms with Crippen molar-refractivity contribution < 1.29 is 9.53 Å². The van der Waals surface area contributed by atoms with Gasteiger partial charge in [-0.1, -0.05) is 0 Å². The maximum atomic E-state index is 12.0. The Kier molecular flexibility index (Phi) is 5.54. The molecule has 0 aliphatic carbocycles. The van der Waals surface area contributed by atoms with Gasteiger partial charge in [-0.05, 0) is 11.4 Å². The summed E-state index contributed by atoms with van der Waals surface area (Å²) in [5.74, 6) is -0.0337. The lowest BCUT2D eigenvalue weighted by Gasteiger charge is -2.20. The number of rotatable bonds is 6. The second-order valence-corrected chi connectivity index (χ2v) is 3.99. The van der Waals surface area contributed by atoms with Crippen molar-refractivity contribution >= 4 is 17.2 Å². The van der Waals surface area contributed by atoms with E-state index < -0.39 is 0 Å². The SMILES string of the molecule is COCCN(CCC#N)C(=O)c1ccsc1. The molecule has 0 saturated heterocycles. The molecule has 0 aliphatic rings. The van der Waals surface area contributed by atoms with Gasteiger partial charge < -0.3 is 9.64 Å². The number of carbonyl (C=O) groups is 1. The van der Waals surface area contributed by atoms with Crippen LogP contribution in [0.15, 0.2) is 16.8 Å². The lowest BCUT2D eigenvalue weighted by Crippen LogP contribution is -2.34. The highest BCUT2D eigenvalue weighted by atomic mass is 32.1. The number of thiophene rings is 1. The minimum atomic E-state index is -0.0337. The summed E-state index contributed by atoms with van der Waals surface area (Å²) in [6, 6.07) is 3.83. The molecule has 86 valence electrons. The van der Waals surface area contributed by atoms with Crippen LogP contribution in [0.5, 0.6) is 0 Å². The van der Waals surface area contributed by atoms with E-state index in [-0.39, 0.29) is 5.91 Å². The fraction of sp³-hybridized carbons (Fsp3) is 0.455. The average molecular weight is 238 g/mol. The summed E-state index contributed by atoms with van der Waals surface area (Å²) in [5, 5.41) is 12.2.